The molecule has 2 aliphatic rings. The number of aryl methyl sites for hydroxylation is 1. The number of carbonyl (C=O) groups is 1. The molecule has 0 unspecified atom stereocenters. The van der Waals surface area contributed by atoms with Crippen LogP contribution in [0, 0.1) is 6.92 Å². The van der Waals surface area contributed by atoms with Gasteiger partial charge in [0.1, 0.15) is 17.9 Å². The Hall–Kier alpha value is -2.84. The Kier molecular flexibility index (Phi) is 5.41. The van der Waals surface area contributed by atoms with Gasteiger partial charge in [-0.2, -0.15) is 0 Å². The molecule has 3 aromatic rings. The summed E-state index contributed by atoms with van der Waals surface area (Å²) >= 11 is 6.14. The number of ether oxygens (including phenoxy) is 1. The second-order valence-corrected chi connectivity index (χ2v) is 8.21. The average Bonchev–Trinajstić information content (AvgIpc) is 3.15. The van der Waals surface area contributed by atoms with Crippen LogP contribution in [-0.4, -0.2) is 73.3 Å². The average molecular weight is 442 g/mol. The molecule has 1 amide bonds. The molecule has 0 bridgehead atoms. The van der Waals surface area contributed by atoms with Crippen molar-refractivity contribution in [1.29, 1.82) is 0 Å². The number of furan rings is 1. The number of benzene rings is 1. The third-order valence-electron chi connectivity index (χ3n) is 5.91. The van der Waals surface area contributed by atoms with Crippen LogP contribution in [0.2, 0.25) is 5.02 Å². The lowest BCUT2D eigenvalue weighted by atomic mass is 10.1. The predicted molar refractivity (Wildman–Crippen MR) is 119 cm³/mol. The molecule has 1 aromatic carbocycles. The number of carbonyl (C=O) groups excluding carboxylic acids is 1. The first-order chi connectivity index (χ1) is 15.1. The molecule has 5 rings (SSSR count). The fourth-order valence-corrected chi connectivity index (χ4v) is 4.48. The second-order valence-electron chi connectivity index (χ2n) is 7.77. The van der Waals surface area contributed by atoms with Crippen LogP contribution in [0.5, 0.6) is 0 Å². The minimum Gasteiger partial charge on any atom is -0.442 e. The van der Waals surface area contributed by atoms with Gasteiger partial charge in [0, 0.05) is 50.0 Å². The first kappa shape index (κ1) is 20.1. The van der Waals surface area contributed by atoms with Gasteiger partial charge in [-0.15, -0.1) is 0 Å². The number of hydrogen-bond acceptors (Lipinski definition) is 7. The van der Waals surface area contributed by atoms with E-state index in [9.17, 15) is 4.79 Å². The zero-order valence-corrected chi connectivity index (χ0v) is 18.1. The standard InChI is InChI=1S/C22H24ClN5O3/c1-15-18(19-20(24-14-25-21(19)31-15)27-9-11-30-12-10-27)22(29)28-7-5-26(6-8-28)17-4-2-3-16(23)13-17/h2-4,13-14H,5-12H2,1H3. The van der Waals surface area contributed by atoms with Gasteiger partial charge in [0.2, 0.25) is 5.71 Å². The van der Waals surface area contributed by atoms with E-state index in [4.69, 9.17) is 20.8 Å². The maximum atomic E-state index is 13.6. The molecule has 2 fully saturated rings. The zero-order chi connectivity index (χ0) is 21.4. The van der Waals surface area contributed by atoms with Crippen LogP contribution in [0.4, 0.5) is 11.5 Å². The third kappa shape index (κ3) is 3.81. The molecule has 0 radical (unpaired) electrons. The lowest BCUT2D eigenvalue weighted by Crippen LogP contribution is -2.49. The Bertz CT molecular complexity index is 1100. The van der Waals surface area contributed by atoms with Crippen molar-refractivity contribution < 1.29 is 13.9 Å². The number of aromatic nitrogens is 2. The molecule has 4 heterocycles. The number of hydrogen-bond donors (Lipinski definition) is 0. The quantitative estimate of drug-likeness (QED) is 0.618. The fraction of sp³-hybridized carbons (Fsp3) is 0.409. The molecular formula is C22H24ClN5O3. The molecule has 8 nitrogen and oxygen atoms in total. The first-order valence-electron chi connectivity index (χ1n) is 10.5. The van der Waals surface area contributed by atoms with Gasteiger partial charge in [-0.1, -0.05) is 17.7 Å². The van der Waals surface area contributed by atoms with Gasteiger partial charge in [-0.3, -0.25) is 4.79 Å². The summed E-state index contributed by atoms with van der Waals surface area (Å²) in [6.07, 6.45) is 1.49. The molecule has 2 aromatic heterocycles. The van der Waals surface area contributed by atoms with E-state index in [-0.39, 0.29) is 5.91 Å². The van der Waals surface area contributed by atoms with Gasteiger partial charge in [0.25, 0.3) is 5.91 Å². The van der Waals surface area contributed by atoms with E-state index >= 15 is 0 Å². The lowest BCUT2D eigenvalue weighted by molar-refractivity contribution is 0.0746. The number of fused-ring (bicyclic) bond motifs is 1. The van der Waals surface area contributed by atoms with Crippen molar-refractivity contribution in [2.24, 2.45) is 0 Å². The zero-order valence-electron chi connectivity index (χ0n) is 17.4. The fourth-order valence-electron chi connectivity index (χ4n) is 4.30. The summed E-state index contributed by atoms with van der Waals surface area (Å²) in [4.78, 5) is 28.6. The molecular weight excluding hydrogens is 418 g/mol. The number of amides is 1. The molecule has 0 N–H and O–H groups in total. The Balaban J connectivity index is 1.41. The minimum absolute atomic E-state index is 0.0358. The Morgan fingerprint density at radius 1 is 1.03 bits per heavy atom. The molecule has 0 atom stereocenters. The largest absolute Gasteiger partial charge is 0.442 e. The van der Waals surface area contributed by atoms with Crippen molar-refractivity contribution >= 4 is 40.1 Å². The van der Waals surface area contributed by atoms with Crippen LogP contribution in [0.1, 0.15) is 16.1 Å². The van der Waals surface area contributed by atoms with Gasteiger partial charge in [-0.25, -0.2) is 9.97 Å². The molecule has 162 valence electrons. The van der Waals surface area contributed by atoms with E-state index in [1.165, 1.54) is 6.33 Å². The van der Waals surface area contributed by atoms with Crippen LogP contribution in [0.25, 0.3) is 11.1 Å². The van der Waals surface area contributed by atoms with E-state index in [2.05, 4.69) is 19.8 Å². The van der Waals surface area contributed by atoms with Crippen LogP contribution in [0.3, 0.4) is 0 Å². The minimum atomic E-state index is -0.0358. The van der Waals surface area contributed by atoms with Crippen molar-refractivity contribution in [3.63, 3.8) is 0 Å². The number of rotatable bonds is 3. The topological polar surface area (TPSA) is 74.9 Å². The smallest absolute Gasteiger partial charge is 0.258 e. The highest BCUT2D eigenvalue weighted by Gasteiger charge is 2.30. The van der Waals surface area contributed by atoms with E-state index in [0.717, 1.165) is 37.7 Å². The SMILES string of the molecule is Cc1oc2ncnc(N3CCOCC3)c2c1C(=O)N1CCN(c2cccc(Cl)c2)CC1. The number of morpholine rings is 1. The van der Waals surface area contributed by atoms with Crippen LogP contribution in [0.15, 0.2) is 35.0 Å². The van der Waals surface area contributed by atoms with Gasteiger partial charge >= 0.3 is 0 Å². The molecule has 2 saturated heterocycles. The normalized spacial score (nSPS) is 17.4. The van der Waals surface area contributed by atoms with E-state index in [0.29, 0.717) is 53.7 Å². The highest BCUT2D eigenvalue weighted by Crippen LogP contribution is 2.33. The number of piperazine rings is 1. The highest BCUT2D eigenvalue weighted by atomic mass is 35.5. The summed E-state index contributed by atoms with van der Waals surface area (Å²) in [7, 11) is 0. The Morgan fingerprint density at radius 2 is 1.81 bits per heavy atom. The van der Waals surface area contributed by atoms with Gasteiger partial charge < -0.3 is 23.9 Å². The van der Waals surface area contributed by atoms with E-state index in [1.807, 2.05) is 36.1 Å². The first-order valence-corrected chi connectivity index (χ1v) is 10.9. The number of halogens is 1. The monoisotopic (exact) mass is 441 g/mol. The van der Waals surface area contributed by atoms with Crippen molar-refractivity contribution in [2.45, 2.75) is 6.92 Å². The highest BCUT2D eigenvalue weighted by molar-refractivity contribution is 6.30. The van der Waals surface area contributed by atoms with Crippen molar-refractivity contribution in [2.75, 3.05) is 62.3 Å². The van der Waals surface area contributed by atoms with E-state index in [1.54, 1.807) is 0 Å². The summed E-state index contributed by atoms with van der Waals surface area (Å²) in [5.74, 6) is 1.28. The molecule has 9 heteroatoms. The molecule has 0 aliphatic carbocycles. The van der Waals surface area contributed by atoms with Crippen molar-refractivity contribution in [1.82, 2.24) is 14.9 Å². The summed E-state index contributed by atoms with van der Waals surface area (Å²) < 4.78 is 11.3. The Morgan fingerprint density at radius 3 is 2.55 bits per heavy atom. The summed E-state index contributed by atoms with van der Waals surface area (Å²) in [6.45, 7) is 7.27. The Labute approximate surface area is 185 Å². The summed E-state index contributed by atoms with van der Waals surface area (Å²) in [6, 6.07) is 7.82. The molecule has 0 saturated carbocycles. The number of nitrogens with zero attached hydrogens (tertiary/aromatic N) is 5. The van der Waals surface area contributed by atoms with E-state index < -0.39 is 0 Å². The molecule has 0 spiro atoms. The lowest BCUT2D eigenvalue weighted by Gasteiger charge is -2.36. The van der Waals surface area contributed by atoms with Crippen molar-refractivity contribution in [3.8, 4) is 0 Å². The van der Waals surface area contributed by atoms with Gasteiger partial charge in [0.05, 0.1) is 24.2 Å². The van der Waals surface area contributed by atoms with Crippen LogP contribution >= 0.6 is 11.6 Å². The van der Waals surface area contributed by atoms with Crippen molar-refractivity contribution in [3.05, 3.63) is 46.9 Å². The van der Waals surface area contributed by atoms with Crippen LogP contribution in [-0.2, 0) is 4.74 Å². The predicted octanol–water partition coefficient (Wildman–Crippen LogP) is 2.98. The summed E-state index contributed by atoms with van der Waals surface area (Å²) in [5.41, 5.74) is 2.09. The molecule has 31 heavy (non-hydrogen) atoms. The van der Waals surface area contributed by atoms with Gasteiger partial charge in [-0.05, 0) is 25.1 Å². The number of anilines is 2. The third-order valence-corrected chi connectivity index (χ3v) is 6.14. The second kappa shape index (κ2) is 8.36. The molecule has 2 aliphatic heterocycles. The maximum Gasteiger partial charge on any atom is 0.258 e. The summed E-state index contributed by atoms with van der Waals surface area (Å²) in [5, 5.41) is 1.41. The van der Waals surface area contributed by atoms with Crippen LogP contribution < -0.4 is 9.80 Å². The van der Waals surface area contributed by atoms with Gasteiger partial charge in [0.15, 0.2) is 0 Å². The maximum absolute atomic E-state index is 13.6.